The van der Waals surface area contributed by atoms with E-state index in [1.165, 1.54) is 12.1 Å². The number of hydrogen-bond acceptors (Lipinski definition) is 2. The molecule has 0 aliphatic carbocycles. The van der Waals surface area contributed by atoms with Gasteiger partial charge < -0.3 is 10.2 Å². The molecule has 1 N–H and O–H groups in total. The van der Waals surface area contributed by atoms with E-state index < -0.39 is 6.04 Å². The van der Waals surface area contributed by atoms with Crippen LogP contribution in [-0.4, -0.2) is 28.8 Å². The summed E-state index contributed by atoms with van der Waals surface area (Å²) in [5.41, 5.74) is 2.81. The average molecular weight is 399 g/mol. The van der Waals surface area contributed by atoms with Gasteiger partial charge in [0.2, 0.25) is 11.8 Å². The Morgan fingerprint density at radius 2 is 1.72 bits per heavy atom. The molecule has 0 bridgehead atoms. The highest BCUT2D eigenvalue weighted by Gasteiger charge is 2.29. The standard InChI is InChI=1S/C24H31FN2O2/c1-5-18(4)26-24(29)22(6-2)27(16-20-9-7-8-17(3)14-20)23(28)15-19-10-12-21(25)13-11-19/h7-14,18,22H,5-6,15-16H2,1-4H3,(H,26,29)/t18-,22+/m0/s1. The van der Waals surface area contributed by atoms with Gasteiger partial charge in [-0.05, 0) is 49.9 Å². The van der Waals surface area contributed by atoms with Gasteiger partial charge in [0.05, 0.1) is 6.42 Å². The van der Waals surface area contributed by atoms with Crippen molar-refractivity contribution in [3.8, 4) is 0 Å². The molecule has 2 amide bonds. The number of nitrogens with zero attached hydrogens (tertiary/aromatic N) is 1. The molecule has 2 aromatic rings. The molecule has 2 aromatic carbocycles. The Morgan fingerprint density at radius 1 is 1.03 bits per heavy atom. The minimum Gasteiger partial charge on any atom is -0.352 e. The first-order chi connectivity index (χ1) is 13.8. The van der Waals surface area contributed by atoms with E-state index in [0.29, 0.717) is 13.0 Å². The number of nitrogens with one attached hydrogen (secondary N) is 1. The normalized spacial score (nSPS) is 12.9. The zero-order chi connectivity index (χ0) is 21.4. The van der Waals surface area contributed by atoms with E-state index in [9.17, 15) is 14.0 Å². The summed E-state index contributed by atoms with van der Waals surface area (Å²) in [7, 11) is 0. The fraction of sp³-hybridized carbons (Fsp3) is 0.417. The summed E-state index contributed by atoms with van der Waals surface area (Å²) in [5.74, 6) is -0.622. The third-order valence-corrected chi connectivity index (χ3v) is 5.09. The van der Waals surface area contributed by atoms with Crippen molar-refractivity contribution in [3.63, 3.8) is 0 Å². The van der Waals surface area contributed by atoms with Gasteiger partial charge >= 0.3 is 0 Å². The molecule has 0 aliphatic rings. The second kappa shape index (κ2) is 10.7. The minimum atomic E-state index is -0.558. The van der Waals surface area contributed by atoms with Crippen molar-refractivity contribution >= 4 is 11.8 Å². The lowest BCUT2D eigenvalue weighted by Gasteiger charge is -2.31. The first-order valence-corrected chi connectivity index (χ1v) is 10.2. The second-order valence-electron chi connectivity index (χ2n) is 7.56. The van der Waals surface area contributed by atoms with Crippen LogP contribution in [0.15, 0.2) is 48.5 Å². The molecule has 0 spiro atoms. The fourth-order valence-corrected chi connectivity index (χ4v) is 3.25. The maximum atomic E-state index is 13.2. The summed E-state index contributed by atoms with van der Waals surface area (Å²) in [5, 5.41) is 3.00. The predicted molar refractivity (Wildman–Crippen MR) is 114 cm³/mol. The summed E-state index contributed by atoms with van der Waals surface area (Å²) in [6, 6.07) is 13.3. The number of amides is 2. The van der Waals surface area contributed by atoms with E-state index in [1.54, 1.807) is 17.0 Å². The molecule has 5 heteroatoms. The number of benzene rings is 2. The summed E-state index contributed by atoms with van der Waals surface area (Å²) in [6.07, 6.45) is 1.46. The first-order valence-electron chi connectivity index (χ1n) is 10.2. The highest BCUT2D eigenvalue weighted by molar-refractivity contribution is 5.88. The molecule has 0 saturated carbocycles. The van der Waals surface area contributed by atoms with Crippen LogP contribution in [0.5, 0.6) is 0 Å². The fourth-order valence-electron chi connectivity index (χ4n) is 3.25. The SMILES string of the molecule is CC[C@H](C(=O)N[C@@H](C)CC)N(Cc1cccc(C)c1)C(=O)Cc1ccc(F)cc1. The minimum absolute atomic E-state index is 0.0459. The van der Waals surface area contributed by atoms with Crippen LogP contribution in [0.25, 0.3) is 0 Å². The molecule has 0 unspecified atom stereocenters. The molecule has 156 valence electrons. The molecule has 29 heavy (non-hydrogen) atoms. The van der Waals surface area contributed by atoms with Crippen molar-refractivity contribution < 1.29 is 14.0 Å². The molecule has 0 saturated heterocycles. The van der Waals surface area contributed by atoms with Crippen molar-refractivity contribution in [2.45, 2.75) is 65.6 Å². The lowest BCUT2D eigenvalue weighted by atomic mass is 10.1. The molecule has 0 aliphatic heterocycles. The van der Waals surface area contributed by atoms with E-state index in [4.69, 9.17) is 0 Å². The maximum Gasteiger partial charge on any atom is 0.243 e. The first kappa shape index (κ1) is 22.6. The maximum absolute atomic E-state index is 13.2. The Hall–Kier alpha value is -2.69. The third-order valence-electron chi connectivity index (χ3n) is 5.09. The quantitative estimate of drug-likeness (QED) is 0.681. The molecule has 0 aromatic heterocycles. The van der Waals surface area contributed by atoms with E-state index in [1.807, 2.05) is 52.0 Å². The highest BCUT2D eigenvalue weighted by Crippen LogP contribution is 2.16. The Bertz CT molecular complexity index is 820. The molecule has 0 fully saturated rings. The summed E-state index contributed by atoms with van der Waals surface area (Å²) >= 11 is 0. The van der Waals surface area contributed by atoms with Gasteiger partial charge in [-0.2, -0.15) is 0 Å². The van der Waals surface area contributed by atoms with E-state index >= 15 is 0 Å². The van der Waals surface area contributed by atoms with Crippen LogP contribution < -0.4 is 5.32 Å². The van der Waals surface area contributed by atoms with Crippen molar-refractivity contribution in [2.24, 2.45) is 0 Å². The van der Waals surface area contributed by atoms with Gasteiger partial charge in [-0.3, -0.25) is 9.59 Å². The zero-order valence-electron chi connectivity index (χ0n) is 17.7. The number of aryl methyl sites for hydroxylation is 1. The number of rotatable bonds is 9. The topological polar surface area (TPSA) is 49.4 Å². The van der Waals surface area contributed by atoms with Crippen LogP contribution in [0.4, 0.5) is 4.39 Å². The molecule has 0 radical (unpaired) electrons. The van der Waals surface area contributed by atoms with Crippen LogP contribution in [0.1, 0.15) is 50.3 Å². The molecule has 0 heterocycles. The average Bonchev–Trinajstić information content (AvgIpc) is 2.69. The zero-order valence-corrected chi connectivity index (χ0v) is 17.7. The summed E-state index contributed by atoms with van der Waals surface area (Å²) < 4.78 is 13.2. The molecule has 2 rings (SSSR count). The Kier molecular flexibility index (Phi) is 8.37. The van der Waals surface area contributed by atoms with Crippen LogP contribution >= 0.6 is 0 Å². The van der Waals surface area contributed by atoms with E-state index in [2.05, 4.69) is 5.32 Å². The number of carbonyl (C=O) groups excluding carboxylic acids is 2. The summed E-state index contributed by atoms with van der Waals surface area (Å²) in [4.78, 5) is 27.7. The molecule has 4 nitrogen and oxygen atoms in total. The highest BCUT2D eigenvalue weighted by atomic mass is 19.1. The van der Waals surface area contributed by atoms with Crippen molar-refractivity contribution in [1.82, 2.24) is 10.2 Å². The Balaban J connectivity index is 2.28. The van der Waals surface area contributed by atoms with Gasteiger partial charge in [-0.25, -0.2) is 4.39 Å². The van der Waals surface area contributed by atoms with Gasteiger partial charge in [-0.15, -0.1) is 0 Å². The van der Waals surface area contributed by atoms with Crippen molar-refractivity contribution in [2.75, 3.05) is 0 Å². The molecular formula is C24H31FN2O2. The Labute approximate surface area is 173 Å². The van der Waals surface area contributed by atoms with Crippen LogP contribution in [0, 0.1) is 12.7 Å². The van der Waals surface area contributed by atoms with Crippen LogP contribution in [0.3, 0.4) is 0 Å². The van der Waals surface area contributed by atoms with Gasteiger partial charge in [0.25, 0.3) is 0 Å². The third kappa shape index (κ3) is 6.70. The van der Waals surface area contributed by atoms with E-state index in [-0.39, 0.29) is 30.1 Å². The largest absolute Gasteiger partial charge is 0.352 e. The van der Waals surface area contributed by atoms with E-state index in [0.717, 1.165) is 23.1 Å². The smallest absolute Gasteiger partial charge is 0.243 e. The molecule has 2 atom stereocenters. The number of halogens is 1. The number of carbonyl (C=O) groups is 2. The van der Waals surface area contributed by atoms with Crippen molar-refractivity contribution in [1.29, 1.82) is 0 Å². The van der Waals surface area contributed by atoms with Gasteiger partial charge in [0, 0.05) is 12.6 Å². The van der Waals surface area contributed by atoms with Crippen LogP contribution in [0.2, 0.25) is 0 Å². The number of hydrogen-bond donors (Lipinski definition) is 1. The Morgan fingerprint density at radius 3 is 2.31 bits per heavy atom. The van der Waals surface area contributed by atoms with Gasteiger partial charge in [0.15, 0.2) is 0 Å². The second-order valence-corrected chi connectivity index (χ2v) is 7.56. The monoisotopic (exact) mass is 398 g/mol. The van der Waals surface area contributed by atoms with Crippen molar-refractivity contribution in [3.05, 3.63) is 71.0 Å². The van der Waals surface area contributed by atoms with Crippen LogP contribution in [-0.2, 0) is 22.6 Å². The van der Waals surface area contributed by atoms with Gasteiger partial charge in [-0.1, -0.05) is 55.8 Å². The van der Waals surface area contributed by atoms with Gasteiger partial charge in [0.1, 0.15) is 11.9 Å². The predicted octanol–water partition coefficient (Wildman–Crippen LogP) is 4.40. The lowest BCUT2D eigenvalue weighted by Crippen LogP contribution is -2.51. The molecular weight excluding hydrogens is 367 g/mol. The lowest BCUT2D eigenvalue weighted by molar-refractivity contribution is -0.141. The summed E-state index contributed by atoms with van der Waals surface area (Å²) in [6.45, 7) is 8.23.